The van der Waals surface area contributed by atoms with E-state index in [2.05, 4.69) is 5.32 Å². The molecule has 2 N–H and O–H groups in total. The minimum Gasteiger partial charge on any atom is -0.480 e. The molecule has 0 aromatic heterocycles. The number of nitrogens with zero attached hydrogens (tertiary/aromatic N) is 1. The highest BCUT2D eigenvalue weighted by molar-refractivity contribution is 5.80. The molecule has 0 aromatic carbocycles. The Kier molecular flexibility index (Phi) is 3.31. The molecule has 0 aliphatic heterocycles. The number of carbonyl (C=O) groups excluding carboxylic acids is 1. The first kappa shape index (κ1) is 11.2. The summed E-state index contributed by atoms with van der Waals surface area (Å²) in [6.45, 7) is 1.30. The summed E-state index contributed by atoms with van der Waals surface area (Å²) in [5, 5.41) is 10.9. The van der Waals surface area contributed by atoms with E-state index in [0.29, 0.717) is 11.8 Å². The SMILES string of the molecule is O=C(O)CNC(=O)N(CC1CC1)CC1CC1. The van der Waals surface area contributed by atoms with Crippen molar-refractivity contribution in [1.29, 1.82) is 0 Å². The lowest BCUT2D eigenvalue weighted by Gasteiger charge is -2.22. The van der Waals surface area contributed by atoms with Gasteiger partial charge in [-0.1, -0.05) is 0 Å². The second-order valence-electron chi connectivity index (χ2n) is 4.84. The van der Waals surface area contributed by atoms with E-state index in [1.807, 2.05) is 0 Å². The van der Waals surface area contributed by atoms with Crippen molar-refractivity contribution in [2.75, 3.05) is 19.6 Å². The van der Waals surface area contributed by atoms with Crippen LogP contribution in [0, 0.1) is 11.8 Å². The number of urea groups is 1. The minimum atomic E-state index is -0.994. The summed E-state index contributed by atoms with van der Waals surface area (Å²) < 4.78 is 0. The first-order chi connectivity index (χ1) is 7.65. The summed E-state index contributed by atoms with van der Waals surface area (Å²) >= 11 is 0. The molecule has 2 aliphatic carbocycles. The van der Waals surface area contributed by atoms with E-state index >= 15 is 0 Å². The van der Waals surface area contributed by atoms with Gasteiger partial charge in [-0.05, 0) is 37.5 Å². The van der Waals surface area contributed by atoms with Crippen molar-refractivity contribution in [1.82, 2.24) is 10.2 Å². The van der Waals surface area contributed by atoms with Crippen molar-refractivity contribution in [2.24, 2.45) is 11.8 Å². The van der Waals surface area contributed by atoms with E-state index in [0.717, 1.165) is 13.1 Å². The zero-order chi connectivity index (χ0) is 11.5. The number of rotatable bonds is 6. The Hall–Kier alpha value is -1.26. The van der Waals surface area contributed by atoms with Crippen molar-refractivity contribution < 1.29 is 14.7 Å². The molecular weight excluding hydrogens is 208 g/mol. The summed E-state index contributed by atoms with van der Waals surface area (Å²) in [4.78, 5) is 23.9. The molecule has 0 atom stereocenters. The van der Waals surface area contributed by atoms with E-state index in [1.54, 1.807) is 4.90 Å². The number of amides is 2. The van der Waals surface area contributed by atoms with Gasteiger partial charge in [0.05, 0.1) is 0 Å². The van der Waals surface area contributed by atoms with Crippen LogP contribution in [0.1, 0.15) is 25.7 Å². The molecule has 90 valence electrons. The van der Waals surface area contributed by atoms with E-state index < -0.39 is 5.97 Å². The molecule has 0 bridgehead atoms. The molecule has 5 nitrogen and oxygen atoms in total. The third kappa shape index (κ3) is 3.72. The van der Waals surface area contributed by atoms with Crippen molar-refractivity contribution in [3.8, 4) is 0 Å². The Bertz CT molecular complexity index is 271. The van der Waals surface area contributed by atoms with Gasteiger partial charge in [0.2, 0.25) is 0 Å². The standard InChI is InChI=1S/C11H18N2O3/c14-10(15)5-12-11(16)13(6-8-1-2-8)7-9-3-4-9/h8-9H,1-7H2,(H,12,16)(H,14,15). The second kappa shape index (κ2) is 4.72. The van der Waals surface area contributed by atoms with Gasteiger partial charge >= 0.3 is 12.0 Å². The largest absolute Gasteiger partial charge is 0.480 e. The third-order valence-electron chi connectivity index (χ3n) is 3.03. The molecule has 0 radical (unpaired) electrons. The predicted octanol–water partition coefficient (Wildman–Crippen LogP) is 0.903. The van der Waals surface area contributed by atoms with Gasteiger partial charge in [-0.25, -0.2) is 4.79 Å². The molecule has 2 aliphatic rings. The number of carbonyl (C=O) groups is 2. The highest BCUT2D eigenvalue weighted by atomic mass is 16.4. The van der Waals surface area contributed by atoms with Crippen LogP contribution in [0.4, 0.5) is 4.79 Å². The van der Waals surface area contributed by atoms with E-state index in [9.17, 15) is 9.59 Å². The van der Waals surface area contributed by atoms with Crippen LogP contribution in [0.15, 0.2) is 0 Å². The quantitative estimate of drug-likeness (QED) is 0.707. The zero-order valence-corrected chi connectivity index (χ0v) is 9.32. The van der Waals surface area contributed by atoms with Gasteiger partial charge in [0.25, 0.3) is 0 Å². The number of hydrogen-bond acceptors (Lipinski definition) is 2. The van der Waals surface area contributed by atoms with Crippen LogP contribution in [-0.4, -0.2) is 41.6 Å². The fourth-order valence-corrected chi connectivity index (χ4v) is 1.73. The molecule has 16 heavy (non-hydrogen) atoms. The molecule has 0 saturated heterocycles. The van der Waals surface area contributed by atoms with Gasteiger partial charge in [0.1, 0.15) is 6.54 Å². The highest BCUT2D eigenvalue weighted by Gasteiger charge is 2.31. The Morgan fingerprint density at radius 1 is 1.12 bits per heavy atom. The van der Waals surface area contributed by atoms with Crippen LogP contribution in [0.5, 0.6) is 0 Å². The molecular formula is C11H18N2O3. The Labute approximate surface area is 94.8 Å². The number of hydrogen-bond donors (Lipinski definition) is 2. The van der Waals surface area contributed by atoms with Crippen LogP contribution >= 0.6 is 0 Å². The summed E-state index contributed by atoms with van der Waals surface area (Å²) in [5.41, 5.74) is 0. The molecule has 2 saturated carbocycles. The summed E-state index contributed by atoms with van der Waals surface area (Å²) in [6.07, 6.45) is 4.81. The molecule has 2 fully saturated rings. The lowest BCUT2D eigenvalue weighted by molar-refractivity contribution is -0.135. The van der Waals surface area contributed by atoms with E-state index in [-0.39, 0.29) is 12.6 Å². The first-order valence-corrected chi connectivity index (χ1v) is 5.89. The first-order valence-electron chi connectivity index (χ1n) is 5.89. The van der Waals surface area contributed by atoms with Gasteiger partial charge in [0, 0.05) is 13.1 Å². The van der Waals surface area contributed by atoms with Gasteiger partial charge in [0.15, 0.2) is 0 Å². The number of carboxylic acids is 1. The molecule has 5 heteroatoms. The maximum Gasteiger partial charge on any atom is 0.323 e. The lowest BCUT2D eigenvalue weighted by Crippen LogP contribution is -2.43. The smallest absolute Gasteiger partial charge is 0.323 e. The predicted molar refractivity (Wildman–Crippen MR) is 58.1 cm³/mol. The number of nitrogens with one attached hydrogen (secondary N) is 1. The van der Waals surface area contributed by atoms with Crippen LogP contribution in [0.25, 0.3) is 0 Å². The number of carboxylic acid groups (broad SMARTS) is 1. The van der Waals surface area contributed by atoms with Crippen LogP contribution in [-0.2, 0) is 4.79 Å². The Balaban J connectivity index is 1.77. The average Bonchev–Trinajstić information content (AvgIpc) is 3.06. The van der Waals surface area contributed by atoms with Crippen molar-refractivity contribution in [2.45, 2.75) is 25.7 Å². The van der Waals surface area contributed by atoms with E-state index in [1.165, 1.54) is 25.7 Å². The van der Waals surface area contributed by atoms with Gasteiger partial charge < -0.3 is 15.3 Å². The summed E-state index contributed by atoms with van der Waals surface area (Å²) in [5.74, 6) is 0.301. The maximum absolute atomic E-state index is 11.7. The van der Waals surface area contributed by atoms with Gasteiger partial charge in [-0.3, -0.25) is 4.79 Å². The molecule has 0 aromatic rings. The maximum atomic E-state index is 11.7. The van der Waals surface area contributed by atoms with Crippen molar-refractivity contribution in [3.05, 3.63) is 0 Å². The molecule has 2 amide bonds. The average molecular weight is 226 g/mol. The molecule has 2 rings (SSSR count). The molecule has 0 unspecified atom stereocenters. The summed E-state index contributed by atoms with van der Waals surface area (Å²) in [6, 6.07) is -0.221. The fourth-order valence-electron chi connectivity index (χ4n) is 1.73. The van der Waals surface area contributed by atoms with E-state index in [4.69, 9.17) is 5.11 Å². The van der Waals surface area contributed by atoms with Crippen molar-refractivity contribution >= 4 is 12.0 Å². The Morgan fingerprint density at radius 2 is 1.62 bits per heavy atom. The molecule has 0 heterocycles. The zero-order valence-electron chi connectivity index (χ0n) is 9.32. The fraction of sp³-hybridized carbons (Fsp3) is 0.818. The van der Waals surface area contributed by atoms with Crippen LogP contribution in [0.3, 0.4) is 0 Å². The van der Waals surface area contributed by atoms with Crippen LogP contribution < -0.4 is 5.32 Å². The lowest BCUT2D eigenvalue weighted by atomic mass is 10.3. The monoisotopic (exact) mass is 226 g/mol. The highest BCUT2D eigenvalue weighted by Crippen LogP contribution is 2.33. The summed E-state index contributed by atoms with van der Waals surface area (Å²) in [7, 11) is 0. The Morgan fingerprint density at radius 3 is 2.00 bits per heavy atom. The normalized spacial score (nSPS) is 19.2. The minimum absolute atomic E-state index is 0.221. The second-order valence-corrected chi connectivity index (χ2v) is 4.84. The topological polar surface area (TPSA) is 69.6 Å². The van der Waals surface area contributed by atoms with Gasteiger partial charge in [-0.15, -0.1) is 0 Å². The number of aliphatic carboxylic acids is 1. The third-order valence-corrected chi connectivity index (χ3v) is 3.03. The van der Waals surface area contributed by atoms with Gasteiger partial charge in [-0.2, -0.15) is 0 Å². The van der Waals surface area contributed by atoms with Crippen LogP contribution in [0.2, 0.25) is 0 Å². The van der Waals surface area contributed by atoms with Crippen molar-refractivity contribution in [3.63, 3.8) is 0 Å². The molecule has 0 spiro atoms.